The summed E-state index contributed by atoms with van der Waals surface area (Å²) in [5, 5.41) is 0. The molecule has 0 unspecified atom stereocenters. The van der Waals surface area contributed by atoms with Gasteiger partial charge in [0.1, 0.15) is 5.75 Å². The number of ether oxygens (including phenoxy) is 1. The lowest BCUT2D eigenvalue weighted by atomic mass is 10.0. The molecule has 0 aliphatic heterocycles. The Morgan fingerprint density at radius 3 is 2.54 bits per heavy atom. The molecule has 2 nitrogen and oxygen atoms in total. The number of aldehydes is 1. The second-order valence-electron chi connectivity index (χ2n) is 3.27. The highest BCUT2D eigenvalue weighted by Crippen LogP contribution is 2.22. The molecule has 2 heteroatoms. The highest BCUT2D eigenvalue weighted by atomic mass is 16.5. The van der Waals surface area contributed by atoms with Crippen LogP contribution in [-0.4, -0.2) is 13.4 Å². The van der Waals surface area contributed by atoms with Gasteiger partial charge in [-0.25, -0.2) is 0 Å². The summed E-state index contributed by atoms with van der Waals surface area (Å²) in [4.78, 5) is 10.7. The Labute approximate surface area is 78.5 Å². The highest BCUT2D eigenvalue weighted by Gasteiger charge is 2.05. The first-order valence-corrected chi connectivity index (χ1v) is 4.32. The third kappa shape index (κ3) is 2.08. The summed E-state index contributed by atoms with van der Waals surface area (Å²) >= 11 is 0. The van der Waals surface area contributed by atoms with Gasteiger partial charge in [0.05, 0.1) is 12.7 Å². The van der Waals surface area contributed by atoms with Gasteiger partial charge in [-0.05, 0) is 23.6 Å². The molecule has 0 radical (unpaired) electrons. The third-order valence-corrected chi connectivity index (χ3v) is 2.05. The molecule has 0 N–H and O–H groups in total. The van der Waals surface area contributed by atoms with Crippen LogP contribution in [0.1, 0.15) is 35.7 Å². The lowest BCUT2D eigenvalue weighted by Gasteiger charge is -2.08. The summed E-state index contributed by atoms with van der Waals surface area (Å²) < 4.78 is 5.04. The van der Waals surface area contributed by atoms with Crippen LogP contribution < -0.4 is 4.74 Å². The topological polar surface area (TPSA) is 26.3 Å². The Balaban J connectivity index is 3.13. The normalized spacial score (nSPS) is 10.2. The Hall–Kier alpha value is -1.31. The Morgan fingerprint density at radius 2 is 2.08 bits per heavy atom. The van der Waals surface area contributed by atoms with Crippen molar-refractivity contribution in [2.45, 2.75) is 19.8 Å². The Bertz CT molecular complexity index is 303. The van der Waals surface area contributed by atoms with E-state index in [1.54, 1.807) is 7.11 Å². The molecule has 0 atom stereocenters. The largest absolute Gasteiger partial charge is 0.496 e. The molecular formula is C11H14O2. The van der Waals surface area contributed by atoms with Gasteiger partial charge in [0, 0.05) is 0 Å². The van der Waals surface area contributed by atoms with Crippen molar-refractivity contribution in [3.8, 4) is 5.75 Å². The molecule has 13 heavy (non-hydrogen) atoms. The van der Waals surface area contributed by atoms with Crippen molar-refractivity contribution in [3.05, 3.63) is 29.3 Å². The molecule has 0 amide bonds. The standard InChI is InChI=1S/C11H14O2/c1-8(2)9-4-5-11(13-3)10(6-9)7-12/h4-8H,1-3H3. The second-order valence-corrected chi connectivity index (χ2v) is 3.27. The lowest BCUT2D eigenvalue weighted by molar-refractivity contribution is 0.112. The van der Waals surface area contributed by atoms with Gasteiger partial charge in [0.15, 0.2) is 6.29 Å². The summed E-state index contributed by atoms with van der Waals surface area (Å²) in [6.45, 7) is 4.19. The maximum Gasteiger partial charge on any atom is 0.153 e. The van der Waals surface area contributed by atoms with Crippen LogP contribution in [0.5, 0.6) is 5.75 Å². The zero-order chi connectivity index (χ0) is 9.84. The van der Waals surface area contributed by atoms with Crippen LogP contribution in [0.3, 0.4) is 0 Å². The van der Waals surface area contributed by atoms with Crippen molar-refractivity contribution in [1.29, 1.82) is 0 Å². The zero-order valence-corrected chi connectivity index (χ0v) is 8.20. The molecule has 0 saturated heterocycles. The van der Waals surface area contributed by atoms with Gasteiger partial charge in [-0.2, -0.15) is 0 Å². The summed E-state index contributed by atoms with van der Waals surface area (Å²) in [5.74, 6) is 1.07. The minimum Gasteiger partial charge on any atom is -0.496 e. The van der Waals surface area contributed by atoms with Crippen LogP contribution in [-0.2, 0) is 0 Å². The first kappa shape index (κ1) is 9.78. The lowest BCUT2D eigenvalue weighted by Crippen LogP contribution is -1.94. The van der Waals surface area contributed by atoms with Crippen molar-refractivity contribution >= 4 is 6.29 Å². The van der Waals surface area contributed by atoms with Crippen LogP contribution in [0.4, 0.5) is 0 Å². The molecule has 1 aromatic carbocycles. The zero-order valence-electron chi connectivity index (χ0n) is 8.20. The summed E-state index contributed by atoms with van der Waals surface area (Å²) in [6.07, 6.45) is 0.824. The molecule has 70 valence electrons. The second kappa shape index (κ2) is 4.08. The van der Waals surface area contributed by atoms with Crippen LogP contribution in [0.15, 0.2) is 18.2 Å². The van der Waals surface area contributed by atoms with Gasteiger partial charge in [-0.15, -0.1) is 0 Å². The van der Waals surface area contributed by atoms with Crippen molar-refractivity contribution in [2.75, 3.05) is 7.11 Å². The number of carbonyl (C=O) groups excluding carboxylic acids is 1. The van der Waals surface area contributed by atoms with E-state index in [-0.39, 0.29) is 0 Å². The van der Waals surface area contributed by atoms with Gasteiger partial charge in [-0.3, -0.25) is 4.79 Å². The molecule has 0 bridgehead atoms. The highest BCUT2D eigenvalue weighted by molar-refractivity contribution is 5.79. The molecule has 0 spiro atoms. The predicted molar refractivity (Wildman–Crippen MR) is 52.5 cm³/mol. The number of rotatable bonds is 3. The fourth-order valence-electron chi connectivity index (χ4n) is 1.20. The fourth-order valence-corrected chi connectivity index (χ4v) is 1.20. The van der Waals surface area contributed by atoms with E-state index in [4.69, 9.17) is 4.74 Å². The molecule has 0 aromatic heterocycles. The first-order chi connectivity index (χ1) is 6.19. The van der Waals surface area contributed by atoms with Crippen LogP contribution in [0.25, 0.3) is 0 Å². The molecular weight excluding hydrogens is 164 g/mol. The summed E-state index contributed by atoms with van der Waals surface area (Å²) in [5.41, 5.74) is 1.77. The van der Waals surface area contributed by atoms with Crippen LogP contribution in [0, 0.1) is 0 Å². The van der Waals surface area contributed by atoms with Gasteiger partial charge in [0.25, 0.3) is 0 Å². The number of methoxy groups -OCH3 is 1. The van der Waals surface area contributed by atoms with Gasteiger partial charge in [0.2, 0.25) is 0 Å². The van der Waals surface area contributed by atoms with E-state index in [0.717, 1.165) is 11.8 Å². The number of hydrogen-bond acceptors (Lipinski definition) is 2. The van der Waals surface area contributed by atoms with E-state index in [0.29, 0.717) is 17.2 Å². The number of carbonyl (C=O) groups is 1. The van der Waals surface area contributed by atoms with Crippen LogP contribution in [0.2, 0.25) is 0 Å². The maximum absolute atomic E-state index is 10.7. The predicted octanol–water partition coefficient (Wildman–Crippen LogP) is 2.63. The average molecular weight is 178 g/mol. The molecule has 0 heterocycles. The average Bonchev–Trinajstić information content (AvgIpc) is 2.16. The fraction of sp³-hybridized carbons (Fsp3) is 0.364. The number of hydrogen-bond donors (Lipinski definition) is 0. The Morgan fingerprint density at radius 1 is 1.38 bits per heavy atom. The molecule has 0 fully saturated rings. The molecule has 0 saturated carbocycles. The smallest absolute Gasteiger partial charge is 0.153 e. The van der Waals surface area contributed by atoms with Gasteiger partial charge < -0.3 is 4.74 Å². The monoisotopic (exact) mass is 178 g/mol. The van der Waals surface area contributed by atoms with Crippen molar-refractivity contribution in [1.82, 2.24) is 0 Å². The first-order valence-electron chi connectivity index (χ1n) is 4.32. The molecule has 1 rings (SSSR count). The maximum atomic E-state index is 10.7. The van der Waals surface area contributed by atoms with E-state index in [2.05, 4.69) is 13.8 Å². The summed E-state index contributed by atoms with van der Waals surface area (Å²) in [6, 6.07) is 5.69. The van der Waals surface area contributed by atoms with Crippen LogP contribution >= 0.6 is 0 Å². The molecule has 1 aromatic rings. The summed E-state index contributed by atoms with van der Waals surface area (Å²) in [7, 11) is 1.57. The van der Waals surface area contributed by atoms with Crippen molar-refractivity contribution in [2.24, 2.45) is 0 Å². The van der Waals surface area contributed by atoms with Gasteiger partial charge in [-0.1, -0.05) is 19.9 Å². The Kier molecular flexibility index (Phi) is 3.07. The SMILES string of the molecule is COc1ccc(C(C)C)cc1C=O. The van der Waals surface area contributed by atoms with Crippen molar-refractivity contribution < 1.29 is 9.53 Å². The van der Waals surface area contributed by atoms with E-state index >= 15 is 0 Å². The third-order valence-electron chi connectivity index (χ3n) is 2.05. The van der Waals surface area contributed by atoms with E-state index in [1.165, 1.54) is 0 Å². The quantitative estimate of drug-likeness (QED) is 0.665. The molecule has 0 aliphatic rings. The minimum absolute atomic E-state index is 0.435. The number of benzene rings is 1. The van der Waals surface area contributed by atoms with Crippen molar-refractivity contribution in [3.63, 3.8) is 0 Å². The van der Waals surface area contributed by atoms with Gasteiger partial charge >= 0.3 is 0 Å². The minimum atomic E-state index is 0.435. The van der Waals surface area contributed by atoms with E-state index in [9.17, 15) is 4.79 Å². The van der Waals surface area contributed by atoms with E-state index < -0.39 is 0 Å². The van der Waals surface area contributed by atoms with E-state index in [1.807, 2.05) is 18.2 Å². The molecule has 0 aliphatic carbocycles.